The van der Waals surface area contributed by atoms with Gasteiger partial charge in [-0.3, -0.25) is 0 Å². The molecule has 4 aromatic rings. The number of benzene rings is 2. The zero-order valence-electron chi connectivity index (χ0n) is 13.8. The van der Waals surface area contributed by atoms with Gasteiger partial charge in [0.1, 0.15) is 0 Å². The summed E-state index contributed by atoms with van der Waals surface area (Å²) in [5.41, 5.74) is -2.39. The van der Waals surface area contributed by atoms with Crippen molar-refractivity contribution in [1.29, 1.82) is 0 Å². The second-order valence-corrected chi connectivity index (χ2v) is 8.01. The molecule has 0 bridgehead atoms. The maximum Gasteiger partial charge on any atom is 0.200 e. The van der Waals surface area contributed by atoms with Gasteiger partial charge in [0.2, 0.25) is 11.6 Å². The summed E-state index contributed by atoms with van der Waals surface area (Å²) in [7, 11) is 0. The minimum absolute atomic E-state index is 0.0675. The SMILES string of the molecule is Fc1c(F)c(F)c(-c2cc3sc(-c4c(F)c(F)c(F)c(F)c4F)cc3s2)c(F)c1F. The molecule has 2 aromatic carbocycles. The fourth-order valence-electron chi connectivity index (χ4n) is 2.72. The van der Waals surface area contributed by atoms with E-state index in [0.717, 1.165) is 12.1 Å². The largest absolute Gasteiger partial charge is 0.203 e. The molecule has 0 aliphatic rings. The van der Waals surface area contributed by atoms with Gasteiger partial charge in [-0.2, -0.15) is 0 Å². The van der Waals surface area contributed by atoms with Gasteiger partial charge in [-0.05, 0) is 12.1 Å². The maximum atomic E-state index is 14.0. The summed E-state index contributed by atoms with van der Waals surface area (Å²) in [6.45, 7) is 0. The Hall–Kier alpha value is -2.60. The van der Waals surface area contributed by atoms with E-state index in [1.165, 1.54) is 0 Å². The number of fused-ring (bicyclic) bond motifs is 1. The molecule has 2 heterocycles. The van der Waals surface area contributed by atoms with Crippen molar-refractivity contribution in [3.8, 4) is 20.9 Å². The predicted octanol–water partition coefficient (Wildman–Crippen LogP) is 7.69. The average molecular weight is 472 g/mol. The summed E-state index contributed by atoms with van der Waals surface area (Å²) in [5, 5.41) is 0. The van der Waals surface area contributed by atoms with Gasteiger partial charge in [0.15, 0.2) is 46.5 Å². The lowest BCUT2D eigenvalue weighted by Crippen LogP contribution is -2.03. The highest BCUT2D eigenvalue weighted by molar-refractivity contribution is 7.31. The predicted molar refractivity (Wildman–Crippen MR) is 90.2 cm³/mol. The van der Waals surface area contributed by atoms with Gasteiger partial charge in [-0.25, -0.2) is 43.9 Å². The van der Waals surface area contributed by atoms with Crippen LogP contribution < -0.4 is 0 Å². The Morgan fingerprint density at radius 3 is 0.867 bits per heavy atom. The summed E-state index contributed by atoms with van der Waals surface area (Å²) in [4.78, 5) is -0.763. The number of thiophene rings is 2. The molecule has 4 rings (SSSR count). The molecule has 2 aromatic heterocycles. The van der Waals surface area contributed by atoms with Gasteiger partial charge in [-0.1, -0.05) is 0 Å². The molecule has 0 radical (unpaired) electrons. The molecule has 0 aliphatic heterocycles. The Labute approximate surface area is 167 Å². The Morgan fingerprint density at radius 2 is 0.600 bits per heavy atom. The maximum absolute atomic E-state index is 14.0. The molecule has 0 fully saturated rings. The molecule has 0 unspecified atom stereocenters. The van der Waals surface area contributed by atoms with Crippen molar-refractivity contribution in [2.45, 2.75) is 0 Å². The van der Waals surface area contributed by atoms with Crippen molar-refractivity contribution in [2.24, 2.45) is 0 Å². The smallest absolute Gasteiger partial charge is 0.200 e. The van der Waals surface area contributed by atoms with Gasteiger partial charge in [0.25, 0.3) is 0 Å². The number of halogens is 10. The van der Waals surface area contributed by atoms with E-state index >= 15 is 0 Å². The molecule has 0 aliphatic carbocycles. The molecule has 0 saturated carbocycles. The van der Waals surface area contributed by atoms with Crippen LogP contribution in [0.1, 0.15) is 0 Å². The van der Waals surface area contributed by atoms with E-state index in [9.17, 15) is 43.9 Å². The van der Waals surface area contributed by atoms with Gasteiger partial charge in [0.05, 0.1) is 11.1 Å². The van der Waals surface area contributed by atoms with Crippen molar-refractivity contribution in [2.75, 3.05) is 0 Å². The Morgan fingerprint density at radius 1 is 0.367 bits per heavy atom. The molecule has 0 saturated heterocycles. The van der Waals surface area contributed by atoms with Crippen LogP contribution in [0.5, 0.6) is 0 Å². The standard InChI is InChI=1S/C18H2F10S2/c19-9-7(10(20)14(24)17(27)13(9)23)5-1-3-4(30-5)2-6(29-3)8-11(21)15(25)18(28)16(26)12(8)22/h1-2H. The normalized spacial score (nSPS) is 11.7. The topological polar surface area (TPSA) is 0 Å². The van der Waals surface area contributed by atoms with Crippen LogP contribution in [0.4, 0.5) is 43.9 Å². The van der Waals surface area contributed by atoms with Crippen LogP contribution in [-0.2, 0) is 0 Å². The second-order valence-electron chi connectivity index (χ2n) is 5.84. The van der Waals surface area contributed by atoms with Crippen molar-refractivity contribution >= 4 is 32.1 Å². The summed E-state index contributed by atoms with van der Waals surface area (Å²) in [6.07, 6.45) is 0. The van der Waals surface area contributed by atoms with E-state index < -0.39 is 69.3 Å². The van der Waals surface area contributed by atoms with Crippen LogP contribution >= 0.6 is 22.7 Å². The summed E-state index contributed by atoms with van der Waals surface area (Å²) in [5.74, 6) is -21.5. The van der Waals surface area contributed by atoms with Gasteiger partial charge in [-0.15, -0.1) is 22.7 Å². The lowest BCUT2D eigenvalue weighted by molar-refractivity contribution is 0.381. The first-order chi connectivity index (χ1) is 14.0. The highest BCUT2D eigenvalue weighted by Gasteiger charge is 2.30. The van der Waals surface area contributed by atoms with E-state index in [4.69, 9.17) is 0 Å². The highest BCUT2D eigenvalue weighted by atomic mass is 32.1. The Balaban J connectivity index is 1.89. The third-order valence-electron chi connectivity index (χ3n) is 4.12. The molecular formula is C18H2F10S2. The molecular weight excluding hydrogens is 470 g/mol. The summed E-state index contributed by atoms with van der Waals surface area (Å²) in [6, 6.07) is 1.97. The molecule has 0 atom stereocenters. The van der Waals surface area contributed by atoms with E-state index in [1.54, 1.807) is 0 Å². The second kappa shape index (κ2) is 6.98. The van der Waals surface area contributed by atoms with Crippen LogP contribution in [0, 0.1) is 58.2 Å². The lowest BCUT2D eigenvalue weighted by Gasteiger charge is -2.06. The molecule has 0 amide bonds. The molecule has 30 heavy (non-hydrogen) atoms. The van der Waals surface area contributed by atoms with Gasteiger partial charge < -0.3 is 0 Å². The van der Waals surface area contributed by atoms with Crippen molar-refractivity contribution in [3.63, 3.8) is 0 Å². The number of hydrogen-bond donors (Lipinski definition) is 0. The molecule has 156 valence electrons. The molecule has 12 heteroatoms. The number of rotatable bonds is 2. The van der Waals surface area contributed by atoms with Crippen LogP contribution in [0.15, 0.2) is 12.1 Å². The Bertz CT molecular complexity index is 1160. The first-order valence-corrected chi connectivity index (χ1v) is 9.24. The van der Waals surface area contributed by atoms with E-state index in [-0.39, 0.29) is 19.2 Å². The lowest BCUT2D eigenvalue weighted by atomic mass is 10.1. The first-order valence-electron chi connectivity index (χ1n) is 7.61. The minimum Gasteiger partial charge on any atom is -0.203 e. The molecule has 0 nitrogen and oxygen atoms in total. The van der Waals surface area contributed by atoms with Gasteiger partial charge in [0, 0.05) is 19.2 Å². The van der Waals surface area contributed by atoms with E-state index in [0.29, 0.717) is 22.7 Å². The van der Waals surface area contributed by atoms with Crippen molar-refractivity contribution < 1.29 is 43.9 Å². The molecule has 0 N–H and O–H groups in total. The number of hydrogen-bond acceptors (Lipinski definition) is 2. The minimum atomic E-state index is -2.33. The third-order valence-corrected chi connectivity index (χ3v) is 6.45. The fraction of sp³-hybridized carbons (Fsp3) is 0. The van der Waals surface area contributed by atoms with E-state index in [2.05, 4.69) is 0 Å². The summed E-state index contributed by atoms with van der Waals surface area (Å²) >= 11 is 1.02. The first kappa shape index (κ1) is 20.7. The van der Waals surface area contributed by atoms with Crippen molar-refractivity contribution in [1.82, 2.24) is 0 Å². The quantitative estimate of drug-likeness (QED) is 0.159. The zero-order valence-corrected chi connectivity index (χ0v) is 15.4. The third kappa shape index (κ3) is 2.81. The van der Waals surface area contributed by atoms with Crippen molar-refractivity contribution in [3.05, 3.63) is 70.3 Å². The van der Waals surface area contributed by atoms with Gasteiger partial charge >= 0.3 is 0 Å². The average Bonchev–Trinajstić information content (AvgIpc) is 3.27. The monoisotopic (exact) mass is 472 g/mol. The fourth-order valence-corrected chi connectivity index (χ4v) is 5.19. The van der Waals surface area contributed by atoms with Crippen LogP contribution in [-0.4, -0.2) is 0 Å². The highest BCUT2D eigenvalue weighted by Crippen LogP contribution is 2.45. The van der Waals surface area contributed by atoms with Crippen LogP contribution in [0.3, 0.4) is 0 Å². The van der Waals surface area contributed by atoms with E-state index in [1.807, 2.05) is 0 Å². The van der Waals surface area contributed by atoms with Crippen LogP contribution in [0.25, 0.3) is 30.3 Å². The summed E-state index contributed by atoms with van der Waals surface area (Å²) < 4.78 is 136. The van der Waals surface area contributed by atoms with Crippen LogP contribution in [0.2, 0.25) is 0 Å². The Kier molecular flexibility index (Phi) is 4.81. The zero-order chi connectivity index (χ0) is 22.1. The molecule has 0 spiro atoms.